The number of carbonyl (C=O) groups excluding carboxylic acids is 1. The molecule has 0 unspecified atom stereocenters. The lowest BCUT2D eigenvalue weighted by atomic mass is 9.62. The Balaban J connectivity index is 2.06. The predicted molar refractivity (Wildman–Crippen MR) is 53.5 cm³/mol. The van der Waals surface area contributed by atoms with Gasteiger partial charge in [0.05, 0.1) is 12.5 Å². The molecular weight excluding hydrogens is 178 g/mol. The molecule has 3 rings (SSSR count). The Morgan fingerprint density at radius 1 is 1.29 bits per heavy atom. The molecule has 3 nitrogen and oxygen atoms in total. The van der Waals surface area contributed by atoms with E-state index in [4.69, 9.17) is 10.5 Å². The number of carbonyl (C=O) groups is 1. The molecule has 0 radical (unpaired) electrons. The Morgan fingerprint density at radius 2 is 1.86 bits per heavy atom. The Kier molecular flexibility index (Phi) is 2.77. The normalized spacial score (nSPS) is 41.0. The van der Waals surface area contributed by atoms with Crippen molar-refractivity contribution in [3.63, 3.8) is 0 Å². The largest absolute Gasteiger partial charge is 0.466 e. The summed E-state index contributed by atoms with van der Waals surface area (Å²) < 4.78 is 5.09. The van der Waals surface area contributed by atoms with Gasteiger partial charge in [-0.1, -0.05) is 0 Å². The van der Waals surface area contributed by atoms with Gasteiger partial charge >= 0.3 is 5.97 Å². The molecule has 0 amide bonds. The van der Waals surface area contributed by atoms with Crippen LogP contribution in [-0.2, 0) is 9.53 Å². The number of nitrogens with two attached hydrogens (primary N) is 1. The van der Waals surface area contributed by atoms with Gasteiger partial charge in [-0.05, 0) is 44.4 Å². The lowest BCUT2D eigenvalue weighted by Crippen LogP contribution is -2.52. The highest BCUT2D eigenvalue weighted by molar-refractivity contribution is 5.74. The van der Waals surface area contributed by atoms with Crippen molar-refractivity contribution in [2.24, 2.45) is 23.5 Å². The van der Waals surface area contributed by atoms with Gasteiger partial charge in [0.1, 0.15) is 0 Å². The van der Waals surface area contributed by atoms with Crippen LogP contribution in [0.25, 0.3) is 0 Å². The number of fused-ring (bicyclic) bond motifs is 3. The third kappa shape index (κ3) is 1.54. The molecule has 2 atom stereocenters. The molecule has 0 aromatic carbocycles. The predicted octanol–water partition coefficient (Wildman–Crippen LogP) is 1.31. The fraction of sp³-hybridized carbons (Fsp3) is 0.909. The van der Waals surface area contributed by atoms with Crippen LogP contribution in [0, 0.1) is 17.8 Å². The van der Waals surface area contributed by atoms with Gasteiger partial charge < -0.3 is 10.5 Å². The Labute approximate surface area is 85.0 Å². The quantitative estimate of drug-likeness (QED) is 0.679. The first-order chi connectivity index (χ1) is 6.74. The minimum Gasteiger partial charge on any atom is -0.466 e. The smallest absolute Gasteiger partial charge is 0.310 e. The summed E-state index contributed by atoms with van der Waals surface area (Å²) >= 11 is 0. The van der Waals surface area contributed by atoms with E-state index in [1.54, 1.807) is 0 Å². The Hall–Kier alpha value is -0.570. The summed E-state index contributed by atoms with van der Waals surface area (Å²) in [7, 11) is 0. The third-order valence-corrected chi connectivity index (χ3v) is 3.84. The zero-order chi connectivity index (χ0) is 10.1. The summed E-state index contributed by atoms with van der Waals surface area (Å²) in [6.45, 7) is 2.32. The summed E-state index contributed by atoms with van der Waals surface area (Å²) in [4.78, 5) is 11.7. The van der Waals surface area contributed by atoms with Crippen LogP contribution in [0.15, 0.2) is 0 Å². The molecule has 0 aliphatic heterocycles. The van der Waals surface area contributed by atoms with Crippen molar-refractivity contribution in [1.29, 1.82) is 0 Å². The van der Waals surface area contributed by atoms with Crippen molar-refractivity contribution >= 4 is 5.97 Å². The maximum atomic E-state index is 11.7. The summed E-state index contributed by atoms with van der Waals surface area (Å²) in [5.41, 5.74) is 6.09. The fourth-order valence-electron chi connectivity index (χ4n) is 3.08. The van der Waals surface area contributed by atoms with E-state index in [9.17, 15) is 4.79 Å². The van der Waals surface area contributed by atoms with Crippen LogP contribution in [0.2, 0.25) is 0 Å². The first kappa shape index (κ1) is 9.97. The van der Waals surface area contributed by atoms with E-state index in [2.05, 4.69) is 0 Å². The fourth-order valence-corrected chi connectivity index (χ4v) is 3.08. The Bertz CT molecular complexity index is 219. The highest BCUT2D eigenvalue weighted by Crippen LogP contribution is 2.44. The molecule has 2 bridgehead atoms. The van der Waals surface area contributed by atoms with Gasteiger partial charge in [-0.2, -0.15) is 0 Å². The average Bonchev–Trinajstić information content (AvgIpc) is 2.19. The lowest BCUT2D eigenvalue weighted by molar-refractivity contribution is -0.155. The minimum atomic E-state index is -0.0607. The number of hydrogen-bond donors (Lipinski definition) is 1. The standard InChI is InChI=1S/C11H19NO2/c1-2-14-11(13)9-7-3-5-8(6-4-7)10(9)12/h7-10H,2-6,12H2,1H3/t7-,8+,9-,10-/m0/s1. The second kappa shape index (κ2) is 3.89. The number of ether oxygens (including phenoxy) is 1. The van der Waals surface area contributed by atoms with Gasteiger partial charge in [0.15, 0.2) is 0 Å². The second-order valence-corrected chi connectivity index (χ2v) is 4.53. The molecule has 0 spiro atoms. The van der Waals surface area contributed by atoms with Crippen LogP contribution < -0.4 is 5.73 Å². The highest BCUT2D eigenvalue weighted by atomic mass is 16.5. The van der Waals surface area contributed by atoms with Crippen LogP contribution >= 0.6 is 0 Å². The van der Waals surface area contributed by atoms with E-state index < -0.39 is 0 Å². The molecule has 0 aromatic rings. The minimum absolute atomic E-state index is 0.0116. The number of hydrogen-bond acceptors (Lipinski definition) is 3. The average molecular weight is 197 g/mol. The van der Waals surface area contributed by atoms with Gasteiger partial charge in [0.2, 0.25) is 0 Å². The summed E-state index contributed by atoms with van der Waals surface area (Å²) in [6.07, 6.45) is 4.76. The molecular formula is C11H19NO2. The molecule has 80 valence electrons. The van der Waals surface area contributed by atoms with Gasteiger partial charge in [-0.15, -0.1) is 0 Å². The molecule has 0 aromatic heterocycles. The van der Waals surface area contributed by atoms with Crippen LogP contribution in [0.4, 0.5) is 0 Å². The van der Waals surface area contributed by atoms with E-state index >= 15 is 0 Å². The van der Waals surface area contributed by atoms with E-state index in [0.29, 0.717) is 18.4 Å². The van der Waals surface area contributed by atoms with Gasteiger partial charge in [-0.25, -0.2) is 0 Å². The summed E-state index contributed by atoms with van der Waals surface area (Å²) in [5, 5.41) is 0. The topological polar surface area (TPSA) is 52.3 Å². The molecule has 3 aliphatic rings. The molecule has 3 saturated carbocycles. The highest BCUT2D eigenvalue weighted by Gasteiger charge is 2.45. The summed E-state index contributed by atoms with van der Waals surface area (Å²) in [5.74, 6) is 0.986. The van der Waals surface area contributed by atoms with Gasteiger partial charge in [0, 0.05) is 6.04 Å². The van der Waals surface area contributed by atoms with E-state index in [-0.39, 0.29) is 17.9 Å². The molecule has 0 heterocycles. The van der Waals surface area contributed by atoms with E-state index in [1.165, 1.54) is 25.7 Å². The molecule has 3 fully saturated rings. The maximum absolute atomic E-state index is 11.7. The zero-order valence-corrected chi connectivity index (χ0v) is 8.74. The van der Waals surface area contributed by atoms with Crippen molar-refractivity contribution in [2.75, 3.05) is 6.61 Å². The van der Waals surface area contributed by atoms with Gasteiger partial charge in [0.25, 0.3) is 0 Å². The SMILES string of the molecule is CCOC(=O)[C@H]1[C@H]2CC[C@H](CC2)[C@@H]1N. The van der Waals surface area contributed by atoms with Crippen molar-refractivity contribution in [1.82, 2.24) is 0 Å². The second-order valence-electron chi connectivity index (χ2n) is 4.53. The molecule has 3 aliphatic carbocycles. The van der Waals surface area contributed by atoms with Crippen molar-refractivity contribution < 1.29 is 9.53 Å². The maximum Gasteiger partial charge on any atom is 0.310 e. The molecule has 14 heavy (non-hydrogen) atoms. The molecule has 2 N–H and O–H groups in total. The third-order valence-electron chi connectivity index (χ3n) is 3.84. The number of rotatable bonds is 2. The zero-order valence-electron chi connectivity index (χ0n) is 8.74. The summed E-state index contributed by atoms with van der Waals surface area (Å²) in [6, 6.07) is 0.0570. The molecule has 3 heteroatoms. The monoisotopic (exact) mass is 197 g/mol. The van der Waals surface area contributed by atoms with Crippen molar-refractivity contribution in [3.8, 4) is 0 Å². The van der Waals surface area contributed by atoms with Crippen LogP contribution in [0.5, 0.6) is 0 Å². The van der Waals surface area contributed by atoms with Crippen LogP contribution in [0.1, 0.15) is 32.6 Å². The van der Waals surface area contributed by atoms with Crippen molar-refractivity contribution in [2.45, 2.75) is 38.6 Å². The first-order valence-corrected chi connectivity index (χ1v) is 5.66. The van der Waals surface area contributed by atoms with E-state index in [1.807, 2.05) is 6.92 Å². The first-order valence-electron chi connectivity index (χ1n) is 5.66. The van der Waals surface area contributed by atoms with Crippen LogP contribution in [0.3, 0.4) is 0 Å². The Morgan fingerprint density at radius 3 is 2.36 bits per heavy atom. The van der Waals surface area contributed by atoms with Crippen LogP contribution in [-0.4, -0.2) is 18.6 Å². The van der Waals surface area contributed by atoms with Crippen molar-refractivity contribution in [3.05, 3.63) is 0 Å². The van der Waals surface area contributed by atoms with Gasteiger partial charge in [-0.3, -0.25) is 4.79 Å². The lowest BCUT2D eigenvalue weighted by Gasteiger charge is -2.45. The van der Waals surface area contributed by atoms with E-state index in [0.717, 1.165) is 0 Å². The molecule has 0 saturated heterocycles. The number of esters is 1.